The number of carbonyl (C=O) groups excluding carboxylic acids is 2. The third-order valence-corrected chi connectivity index (χ3v) is 3.71. The van der Waals surface area contributed by atoms with E-state index in [4.69, 9.17) is 0 Å². The van der Waals surface area contributed by atoms with Crippen molar-refractivity contribution in [3.8, 4) is 0 Å². The molecule has 0 fully saturated rings. The Hall–Kier alpha value is -2.48. The molecule has 0 radical (unpaired) electrons. The molecule has 2 heteroatoms. The minimum Gasteiger partial charge on any atom is -0.289 e. The Labute approximate surface area is 124 Å². The zero-order valence-electron chi connectivity index (χ0n) is 11.9. The van der Waals surface area contributed by atoms with Crippen LogP contribution in [0.1, 0.15) is 57.2 Å². The number of fused-ring (bicyclic) bond motifs is 2. The van der Waals surface area contributed by atoms with E-state index in [2.05, 4.69) is 13.0 Å². The molecule has 0 aliphatic heterocycles. The van der Waals surface area contributed by atoms with E-state index in [0.717, 1.165) is 18.4 Å². The Kier molecular flexibility index (Phi) is 3.53. The summed E-state index contributed by atoms with van der Waals surface area (Å²) < 4.78 is 0. The van der Waals surface area contributed by atoms with E-state index >= 15 is 0 Å². The molecule has 3 rings (SSSR count). The lowest BCUT2D eigenvalue weighted by molar-refractivity contribution is 0.0979. The first-order chi connectivity index (χ1) is 10.2. The van der Waals surface area contributed by atoms with Crippen LogP contribution in [0.3, 0.4) is 0 Å². The smallest absolute Gasteiger partial charge is 0.194 e. The van der Waals surface area contributed by atoms with E-state index in [0.29, 0.717) is 22.3 Å². The van der Waals surface area contributed by atoms with Crippen molar-refractivity contribution >= 4 is 17.6 Å². The Bertz CT molecular complexity index is 754. The highest BCUT2D eigenvalue weighted by Gasteiger charge is 2.28. The van der Waals surface area contributed by atoms with Gasteiger partial charge in [-0.3, -0.25) is 9.59 Å². The monoisotopic (exact) mass is 276 g/mol. The fourth-order valence-corrected chi connectivity index (χ4v) is 2.61. The summed E-state index contributed by atoms with van der Waals surface area (Å²) in [5, 5.41) is 0. The van der Waals surface area contributed by atoms with Gasteiger partial charge in [-0.1, -0.05) is 55.8 Å². The summed E-state index contributed by atoms with van der Waals surface area (Å²) in [6, 6.07) is 12.5. The number of ketones is 2. The van der Waals surface area contributed by atoms with Crippen molar-refractivity contribution < 1.29 is 9.59 Å². The predicted molar refractivity (Wildman–Crippen MR) is 83.7 cm³/mol. The van der Waals surface area contributed by atoms with Gasteiger partial charge in [-0.15, -0.1) is 0 Å². The van der Waals surface area contributed by atoms with E-state index in [-0.39, 0.29) is 11.6 Å². The number of allylic oxidation sites excluding steroid dienone is 1. The molecule has 0 N–H and O–H groups in total. The number of unbranched alkanes of at least 4 members (excludes halogenated alkanes) is 1. The highest BCUT2D eigenvalue weighted by Crippen LogP contribution is 2.28. The quantitative estimate of drug-likeness (QED) is 0.715. The van der Waals surface area contributed by atoms with Crippen molar-refractivity contribution in [3.63, 3.8) is 0 Å². The second kappa shape index (κ2) is 5.49. The lowest BCUT2D eigenvalue weighted by Crippen LogP contribution is -2.20. The van der Waals surface area contributed by atoms with E-state index in [9.17, 15) is 9.59 Å². The van der Waals surface area contributed by atoms with E-state index < -0.39 is 0 Å². The second-order valence-corrected chi connectivity index (χ2v) is 5.20. The molecular weight excluding hydrogens is 260 g/mol. The van der Waals surface area contributed by atoms with Crippen LogP contribution in [0.4, 0.5) is 0 Å². The first-order valence-corrected chi connectivity index (χ1v) is 7.21. The topological polar surface area (TPSA) is 34.1 Å². The van der Waals surface area contributed by atoms with E-state index in [1.54, 1.807) is 30.3 Å². The summed E-state index contributed by atoms with van der Waals surface area (Å²) >= 11 is 0. The summed E-state index contributed by atoms with van der Waals surface area (Å²) in [4.78, 5) is 25.0. The number of carbonyl (C=O) groups is 2. The molecule has 2 aromatic carbocycles. The first-order valence-electron chi connectivity index (χ1n) is 7.21. The summed E-state index contributed by atoms with van der Waals surface area (Å²) in [6.45, 7) is 2.12. The molecule has 1 aliphatic rings. The molecule has 0 saturated carbocycles. The SMILES string of the molecule is CCC/C=C/c1ccc2c(c1)C(=O)c1ccccc1C2=O. The molecule has 0 unspecified atom stereocenters. The maximum absolute atomic E-state index is 12.6. The minimum atomic E-state index is -0.0655. The van der Waals surface area contributed by atoms with Gasteiger partial charge in [0, 0.05) is 22.3 Å². The summed E-state index contributed by atoms with van der Waals surface area (Å²) in [5.74, 6) is -0.129. The van der Waals surface area contributed by atoms with Crippen molar-refractivity contribution in [2.45, 2.75) is 19.8 Å². The number of rotatable bonds is 3. The summed E-state index contributed by atoms with van der Waals surface area (Å²) in [7, 11) is 0. The second-order valence-electron chi connectivity index (χ2n) is 5.20. The third kappa shape index (κ3) is 2.33. The Balaban J connectivity index is 2.07. The van der Waals surface area contributed by atoms with Gasteiger partial charge in [0.1, 0.15) is 0 Å². The Morgan fingerprint density at radius 3 is 2.14 bits per heavy atom. The maximum Gasteiger partial charge on any atom is 0.194 e. The van der Waals surface area contributed by atoms with Crippen molar-refractivity contribution in [1.29, 1.82) is 0 Å². The highest BCUT2D eigenvalue weighted by atomic mass is 16.1. The van der Waals surface area contributed by atoms with Crippen LogP contribution in [0, 0.1) is 0 Å². The van der Waals surface area contributed by atoms with Gasteiger partial charge in [0.05, 0.1) is 0 Å². The average Bonchev–Trinajstić information content (AvgIpc) is 2.53. The van der Waals surface area contributed by atoms with Gasteiger partial charge in [0.15, 0.2) is 11.6 Å². The highest BCUT2D eigenvalue weighted by molar-refractivity contribution is 6.28. The van der Waals surface area contributed by atoms with Gasteiger partial charge in [-0.2, -0.15) is 0 Å². The van der Waals surface area contributed by atoms with Gasteiger partial charge in [-0.05, 0) is 24.1 Å². The molecule has 21 heavy (non-hydrogen) atoms. The minimum absolute atomic E-state index is 0.0639. The number of benzene rings is 2. The van der Waals surface area contributed by atoms with Crippen LogP contribution in [0.2, 0.25) is 0 Å². The van der Waals surface area contributed by atoms with Crippen LogP contribution in [0.5, 0.6) is 0 Å². The Morgan fingerprint density at radius 1 is 0.857 bits per heavy atom. The van der Waals surface area contributed by atoms with E-state index in [1.807, 2.05) is 18.2 Å². The maximum atomic E-state index is 12.6. The molecule has 0 saturated heterocycles. The molecule has 0 bridgehead atoms. The van der Waals surface area contributed by atoms with Crippen LogP contribution < -0.4 is 0 Å². The molecule has 104 valence electrons. The lowest BCUT2D eigenvalue weighted by atomic mass is 9.83. The lowest BCUT2D eigenvalue weighted by Gasteiger charge is -2.17. The fourth-order valence-electron chi connectivity index (χ4n) is 2.61. The molecule has 0 spiro atoms. The van der Waals surface area contributed by atoms with Crippen LogP contribution in [-0.4, -0.2) is 11.6 Å². The first kappa shape index (κ1) is 13.5. The van der Waals surface area contributed by atoms with Gasteiger partial charge < -0.3 is 0 Å². The van der Waals surface area contributed by atoms with Crippen molar-refractivity contribution in [2.24, 2.45) is 0 Å². The predicted octanol–water partition coefficient (Wildman–Crippen LogP) is 4.28. The number of hydrogen-bond acceptors (Lipinski definition) is 2. The fraction of sp³-hybridized carbons (Fsp3) is 0.158. The zero-order valence-corrected chi connectivity index (χ0v) is 11.9. The molecule has 2 aromatic rings. The molecule has 0 aromatic heterocycles. The molecule has 2 nitrogen and oxygen atoms in total. The average molecular weight is 276 g/mol. The Morgan fingerprint density at radius 2 is 1.48 bits per heavy atom. The third-order valence-electron chi connectivity index (χ3n) is 3.71. The molecule has 0 heterocycles. The van der Waals surface area contributed by atoms with Crippen LogP contribution in [-0.2, 0) is 0 Å². The van der Waals surface area contributed by atoms with Gasteiger partial charge in [-0.25, -0.2) is 0 Å². The van der Waals surface area contributed by atoms with Crippen LogP contribution >= 0.6 is 0 Å². The largest absolute Gasteiger partial charge is 0.289 e. The van der Waals surface area contributed by atoms with Crippen molar-refractivity contribution in [1.82, 2.24) is 0 Å². The molecule has 1 aliphatic carbocycles. The summed E-state index contributed by atoms with van der Waals surface area (Å²) in [6.07, 6.45) is 6.19. The number of hydrogen-bond donors (Lipinski definition) is 0. The summed E-state index contributed by atoms with van der Waals surface area (Å²) in [5.41, 5.74) is 2.99. The van der Waals surface area contributed by atoms with Crippen LogP contribution in [0.25, 0.3) is 6.08 Å². The zero-order chi connectivity index (χ0) is 14.8. The molecule has 0 amide bonds. The van der Waals surface area contributed by atoms with E-state index in [1.165, 1.54) is 0 Å². The van der Waals surface area contributed by atoms with Crippen LogP contribution in [0.15, 0.2) is 48.5 Å². The van der Waals surface area contributed by atoms with Crippen molar-refractivity contribution in [3.05, 3.63) is 76.4 Å². The standard InChI is InChI=1S/C19H16O2/c1-2-3-4-7-13-10-11-16-17(12-13)19(21)15-9-6-5-8-14(15)18(16)20/h4-12H,2-3H2,1H3/b7-4+. The normalized spacial score (nSPS) is 13.4. The van der Waals surface area contributed by atoms with Gasteiger partial charge in [0.2, 0.25) is 0 Å². The van der Waals surface area contributed by atoms with Gasteiger partial charge >= 0.3 is 0 Å². The van der Waals surface area contributed by atoms with Crippen molar-refractivity contribution in [2.75, 3.05) is 0 Å². The van der Waals surface area contributed by atoms with Gasteiger partial charge in [0.25, 0.3) is 0 Å². The molecular formula is C19H16O2. The molecule has 0 atom stereocenters.